The number of hydrogen-bond donors (Lipinski definition) is 1. The second kappa shape index (κ2) is 4.84. The van der Waals surface area contributed by atoms with Crippen molar-refractivity contribution in [2.45, 2.75) is 38.1 Å². The van der Waals surface area contributed by atoms with Crippen LogP contribution in [0.15, 0.2) is 18.2 Å². The summed E-state index contributed by atoms with van der Waals surface area (Å²) < 4.78 is 0. The zero-order chi connectivity index (χ0) is 14.6. The normalized spacial score (nSPS) is 31.8. The largest absolute Gasteiger partial charge is 0.315 e. The summed E-state index contributed by atoms with van der Waals surface area (Å²) in [7, 11) is 3.98. The summed E-state index contributed by atoms with van der Waals surface area (Å²) in [5.41, 5.74) is 3.85. The quantitative estimate of drug-likeness (QED) is 0.925. The van der Waals surface area contributed by atoms with Gasteiger partial charge in [0.05, 0.1) is 0 Å². The summed E-state index contributed by atoms with van der Waals surface area (Å²) in [5, 5.41) is 3.56. The van der Waals surface area contributed by atoms with Gasteiger partial charge in [0, 0.05) is 25.2 Å². The Hall–Kier alpha value is -1.35. The van der Waals surface area contributed by atoms with Crippen LogP contribution in [-0.4, -0.2) is 20.0 Å². The molecule has 0 saturated heterocycles. The molecule has 1 aliphatic heterocycles. The van der Waals surface area contributed by atoms with E-state index in [1.54, 1.807) is 0 Å². The van der Waals surface area contributed by atoms with E-state index < -0.39 is 0 Å². The minimum Gasteiger partial charge on any atom is -0.315 e. The van der Waals surface area contributed by atoms with Gasteiger partial charge in [0.15, 0.2) is 0 Å². The maximum atomic E-state index is 11.8. The van der Waals surface area contributed by atoms with Crippen LogP contribution in [0.4, 0.5) is 5.69 Å². The van der Waals surface area contributed by atoms with Gasteiger partial charge in [0.1, 0.15) is 0 Å². The molecule has 1 aromatic rings. The molecular formula is C18H24N2O. The lowest BCUT2D eigenvalue weighted by atomic mass is 9.92. The van der Waals surface area contributed by atoms with Crippen LogP contribution >= 0.6 is 0 Å². The van der Waals surface area contributed by atoms with E-state index in [4.69, 9.17) is 0 Å². The fraction of sp³-hybridized carbons (Fsp3) is 0.611. The monoisotopic (exact) mass is 284 g/mol. The smallest absolute Gasteiger partial charge is 0.227 e. The van der Waals surface area contributed by atoms with Crippen LogP contribution < -0.4 is 10.2 Å². The number of carbonyl (C=O) groups excluding carboxylic acids is 1. The van der Waals surface area contributed by atoms with Gasteiger partial charge in [-0.3, -0.25) is 4.79 Å². The number of anilines is 1. The Balaban J connectivity index is 1.62. The van der Waals surface area contributed by atoms with E-state index in [0.717, 1.165) is 29.9 Å². The highest BCUT2D eigenvalue weighted by Gasteiger charge is 2.55. The Morgan fingerprint density at radius 3 is 2.71 bits per heavy atom. The minimum absolute atomic E-state index is 0.233. The van der Waals surface area contributed by atoms with E-state index in [1.807, 2.05) is 11.9 Å². The van der Waals surface area contributed by atoms with Crippen molar-refractivity contribution in [2.24, 2.45) is 17.8 Å². The highest BCUT2D eigenvalue weighted by molar-refractivity contribution is 5.95. The van der Waals surface area contributed by atoms with Crippen LogP contribution in [-0.2, 0) is 11.2 Å². The summed E-state index contributed by atoms with van der Waals surface area (Å²) in [6.07, 6.45) is 5.82. The highest BCUT2D eigenvalue weighted by Crippen LogP contribution is 2.62. The first-order valence-electron chi connectivity index (χ1n) is 8.27. The lowest BCUT2D eigenvalue weighted by Crippen LogP contribution is -2.31. The molecule has 112 valence electrons. The van der Waals surface area contributed by atoms with Crippen molar-refractivity contribution < 1.29 is 4.79 Å². The first-order chi connectivity index (χ1) is 10.2. The molecule has 21 heavy (non-hydrogen) atoms. The third kappa shape index (κ3) is 2.02. The Bertz CT molecular complexity index is 573. The van der Waals surface area contributed by atoms with Gasteiger partial charge in [0.25, 0.3) is 0 Å². The highest BCUT2D eigenvalue weighted by atomic mass is 16.2. The second-order valence-corrected chi connectivity index (χ2v) is 6.94. The number of amides is 1. The first kappa shape index (κ1) is 13.3. The zero-order valence-electron chi connectivity index (χ0n) is 12.9. The van der Waals surface area contributed by atoms with E-state index in [0.29, 0.717) is 12.5 Å². The summed E-state index contributed by atoms with van der Waals surface area (Å²) in [5.74, 6) is 2.99. The van der Waals surface area contributed by atoms with Crippen LogP contribution in [0.5, 0.6) is 0 Å². The van der Waals surface area contributed by atoms with Crippen molar-refractivity contribution in [2.75, 3.05) is 19.0 Å². The number of aryl methyl sites for hydroxylation is 1. The number of benzene rings is 1. The minimum atomic E-state index is 0.233. The molecule has 3 unspecified atom stereocenters. The third-order valence-electron chi connectivity index (χ3n) is 5.97. The van der Waals surface area contributed by atoms with Gasteiger partial charge >= 0.3 is 0 Å². The topological polar surface area (TPSA) is 32.3 Å². The Labute approximate surface area is 126 Å². The van der Waals surface area contributed by atoms with Crippen LogP contribution in [0, 0.1) is 17.8 Å². The van der Waals surface area contributed by atoms with Crippen LogP contribution in [0.25, 0.3) is 0 Å². The molecule has 0 bridgehead atoms. The van der Waals surface area contributed by atoms with E-state index >= 15 is 0 Å². The fourth-order valence-electron chi connectivity index (χ4n) is 4.82. The van der Waals surface area contributed by atoms with Gasteiger partial charge in [-0.2, -0.15) is 0 Å². The predicted octanol–water partition coefficient (Wildman–Crippen LogP) is 2.90. The molecule has 0 spiro atoms. The van der Waals surface area contributed by atoms with E-state index in [-0.39, 0.29) is 5.91 Å². The van der Waals surface area contributed by atoms with Gasteiger partial charge in [-0.15, -0.1) is 0 Å². The molecule has 2 fully saturated rings. The number of hydrogen-bond acceptors (Lipinski definition) is 2. The van der Waals surface area contributed by atoms with Crippen molar-refractivity contribution in [1.82, 2.24) is 5.32 Å². The van der Waals surface area contributed by atoms with Crippen molar-refractivity contribution in [3.8, 4) is 0 Å². The summed E-state index contributed by atoms with van der Waals surface area (Å²) in [6.45, 7) is 0. The average Bonchev–Trinajstić information content (AvgIpc) is 2.96. The van der Waals surface area contributed by atoms with Crippen molar-refractivity contribution in [3.05, 3.63) is 29.3 Å². The molecule has 0 radical (unpaired) electrons. The van der Waals surface area contributed by atoms with Crippen LogP contribution in [0.3, 0.4) is 0 Å². The molecule has 3 heteroatoms. The average molecular weight is 284 g/mol. The molecule has 1 amide bonds. The standard InChI is InChI=1S/C18H24N2O/c1-19-18(17-13-4-3-5-14(13)17)12-6-8-15-11(10-12)7-9-16(21)20(15)2/h6,8,10,13-14,17-19H,3-5,7,9H2,1-2H3. The van der Waals surface area contributed by atoms with Gasteiger partial charge in [0.2, 0.25) is 5.91 Å². The number of nitrogens with zero attached hydrogens (tertiary/aromatic N) is 1. The lowest BCUT2D eigenvalue weighted by Gasteiger charge is -2.27. The van der Waals surface area contributed by atoms with Crippen LogP contribution in [0.1, 0.15) is 42.9 Å². The zero-order valence-corrected chi connectivity index (χ0v) is 12.9. The molecular weight excluding hydrogens is 260 g/mol. The molecule has 1 N–H and O–H groups in total. The van der Waals surface area contributed by atoms with E-state index in [2.05, 4.69) is 30.6 Å². The number of carbonyl (C=O) groups is 1. The molecule has 2 aliphatic carbocycles. The van der Waals surface area contributed by atoms with Gasteiger partial charge in [-0.05, 0) is 61.3 Å². The first-order valence-corrected chi connectivity index (χ1v) is 8.27. The summed E-state index contributed by atoms with van der Waals surface area (Å²) in [4.78, 5) is 13.6. The molecule has 1 heterocycles. The Kier molecular flexibility index (Phi) is 3.07. The number of nitrogens with one attached hydrogen (secondary N) is 1. The lowest BCUT2D eigenvalue weighted by molar-refractivity contribution is -0.118. The second-order valence-electron chi connectivity index (χ2n) is 6.94. The van der Waals surface area contributed by atoms with E-state index in [1.165, 1.54) is 30.4 Å². The van der Waals surface area contributed by atoms with Crippen molar-refractivity contribution >= 4 is 11.6 Å². The molecule has 3 aliphatic rings. The summed E-state index contributed by atoms with van der Waals surface area (Å²) in [6, 6.07) is 7.20. The third-order valence-corrected chi connectivity index (χ3v) is 5.97. The van der Waals surface area contributed by atoms with Crippen molar-refractivity contribution in [3.63, 3.8) is 0 Å². The molecule has 3 atom stereocenters. The van der Waals surface area contributed by atoms with Crippen LogP contribution in [0.2, 0.25) is 0 Å². The Morgan fingerprint density at radius 1 is 1.24 bits per heavy atom. The molecule has 2 saturated carbocycles. The SMILES string of the molecule is CNC(c1ccc2c(c1)CCC(=O)N2C)C1C2CCCC21. The maximum absolute atomic E-state index is 11.8. The molecule has 0 aromatic heterocycles. The number of fused-ring (bicyclic) bond motifs is 2. The van der Waals surface area contributed by atoms with Gasteiger partial charge < -0.3 is 10.2 Å². The van der Waals surface area contributed by atoms with Crippen molar-refractivity contribution in [1.29, 1.82) is 0 Å². The molecule has 4 rings (SSSR count). The predicted molar refractivity (Wildman–Crippen MR) is 84.3 cm³/mol. The maximum Gasteiger partial charge on any atom is 0.227 e. The van der Waals surface area contributed by atoms with Gasteiger partial charge in [-0.25, -0.2) is 0 Å². The van der Waals surface area contributed by atoms with Gasteiger partial charge in [-0.1, -0.05) is 18.6 Å². The fourth-order valence-corrected chi connectivity index (χ4v) is 4.82. The Morgan fingerprint density at radius 2 is 2.00 bits per heavy atom. The molecule has 1 aromatic carbocycles. The molecule has 3 nitrogen and oxygen atoms in total. The number of rotatable bonds is 3. The van der Waals surface area contributed by atoms with E-state index in [9.17, 15) is 4.79 Å². The summed E-state index contributed by atoms with van der Waals surface area (Å²) >= 11 is 0.